The Kier molecular flexibility index (Phi) is 1.73. The van der Waals surface area contributed by atoms with Crippen LogP contribution in [0.3, 0.4) is 0 Å². The van der Waals surface area contributed by atoms with Crippen LogP contribution in [0.4, 0.5) is 4.79 Å². The lowest BCUT2D eigenvalue weighted by Crippen LogP contribution is -2.21. The standard InChI is InChI=1S/C6H7BO2/c8-6(9)7-4-2-1-3-5-7/h1-4H,5H2,(H,8,9). The third kappa shape index (κ3) is 1.45. The monoisotopic (exact) mass is 122 g/mol. The van der Waals surface area contributed by atoms with Crippen LogP contribution in [0.1, 0.15) is 0 Å². The zero-order valence-electron chi connectivity index (χ0n) is 4.95. The van der Waals surface area contributed by atoms with Gasteiger partial charge >= 0.3 is 6.71 Å². The van der Waals surface area contributed by atoms with E-state index in [-0.39, 0.29) is 6.71 Å². The summed E-state index contributed by atoms with van der Waals surface area (Å²) in [6.07, 6.45) is 6.12. The number of allylic oxidation sites excluding steroid dienone is 3. The molecule has 0 spiro atoms. The molecule has 0 atom stereocenters. The summed E-state index contributed by atoms with van der Waals surface area (Å²) >= 11 is 0. The van der Waals surface area contributed by atoms with Crippen LogP contribution >= 0.6 is 0 Å². The van der Waals surface area contributed by atoms with Gasteiger partial charge in [-0.15, -0.1) is 5.98 Å². The zero-order valence-corrected chi connectivity index (χ0v) is 4.95. The van der Waals surface area contributed by atoms with Crippen LogP contribution < -0.4 is 0 Å². The number of hydrogen-bond donors (Lipinski definition) is 1. The maximum Gasteiger partial charge on any atom is 0.306 e. The normalized spacial score (nSPS) is 16.2. The summed E-state index contributed by atoms with van der Waals surface area (Å²) in [5.41, 5.74) is 0. The minimum atomic E-state index is -0.740. The summed E-state index contributed by atoms with van der Waals surface area (Å²) in [7, 11) is 0. The maximum atomic E-state index is 10.3. The van der Waals surface area contributed by atoms with Gasteiger partial charge in [0.15, 0.2) is 0 Å². The molecule has 2 nitrogen and oxygen atoms in total. The summed E-state index contributed by atoms with van der Waals surface area (Å²) in [6, 6.07) is 0. The van der Waals surface area contributed by atoms with Crippen molar-refractivity contribution >= 4 is 12.6 Å². The van der Waals surface area contributed by atoms with Crippen molar-refractivity contribution in [3.8, 4) is 0 Å². The molecule has 0 aromatic rings. The quantitative estimate of drug-likeness (QED) is 0.533. The predicted molar refractivity (Wildman–Crippen MR) is 36.9 cm³/mol. The van der Waals surface area contributed by atoms with Crippen LogP contribution in [0, 0.1) is 0 Å². The SMILES string of the molecule is O=C(O)B1C=CC=CC1. The van der Waals surface area contributed by atoms with Crippen LogP contribution in [0.2, 0.25) is 6.32 Å². The number of hydrogen-bond acceptors (Lipinski definition) is 1. The lowest BCUT2D eigenvalue weighted by molar-refractivity contribution is 0.219. The molecular weight excluding hydrogens is 115 g/mol. The molecule has 1 aliphatic rings. The molecule has 0 aromatic carbocycles. The van der Waals surface area contributed by atoms with E-state index in [1.807, 2.05) is 12.2 Å². The second kappa shape index (κ2) is 2.53. The molecule has 0 unspecified atom stereocenters. The van der Waals surface area contributed by atoms with E-state index < -0.39 is 5.87 Å². The van der Waals surface area contributed by atoms with Crippen LogP contribution in [0.5, 0.6) is 0 Å². The molecule has 0 aliphatic carbocycles. The van der Waals surface area contributed by atoms with Crippen LogP contribution in [-0.2, 0) is 0 Å². The molecule has 1 N–H and O–H groups in total. The second-order valence-corrected chi connectivity index (χ2v) is 1.99. The van der Waals surface area contributed by atoms with Gasteiger partial charge < -0.3 is 5.11 Å². The Bertz CT molecular complexity index is 172. The highest BCUT2D eigenvalue weighted by Crippen LogP contribution is 2.02. The van der Waals surface area contributed by atoms with Crippen molar-refractivity contribution in [1.82, 2.24) is 0 Å². The molecule has 0 bridgehead atoms. The average molecular weight is 122 g/mol. The Labute approximate surface area is 54.0 Å². The second-order valence-electron chi connectivity index (χ2n) is 1.99. The smallest absolute Gasteiger partial charge is 0.306 e. The van der Waals surface area contributed by atoms with E-state index in [2.05, 4.69) is 0 Å². The zero-order chi connectivity index (χ0) is 6.69. The lowest BCUT2D eigenvalue weighted by Gasteiger charge is -2.00. The summed E-state index contributed by atoms with van der Waals surface area (Å²) in [5, 5.41) is 8.45. The van der Waals surface area contributed by atoms with E-state index >= 15 is 0 Å². The third-order valence-electron chi connectivity index (χ3n) is 1.30. The molecular formula is C6H7BO2. The van der Waals surface area contributed by atoms with Crippen molar-refractivity contribution in [3.05, 3.63) is 24.2 Å². The molecule has 0 saturated carbocycles. The van der Waals surface area contributed by atoms with Crippen LogP contribution in [-0.4, -0.2) is 17.7 Å². The first-order valence-electron chi connectivity index (χ1n) is 2.87. The molecule has 1 rings (SSSR count). The Balaban J connectivity index is 2.56. The number of carbonyl (C=O) groups is 1. The molecule has 0 aromatic heterocycles. The van der Waals surface area contributed by atoms with E-state index in [0.717, 1.165) is 0 Å². The minimum Gasteiger partial charge on any atom is -0.489 e. The largest absolute Gasteiger partial charge is 0.489 e. The van der Waals surface area contributed by atoms with Crippen molar-refractivity contribution in [2.24, 2.45) is 0 Å². The molecule has 3 heteroatoms. The summed E-state index contributed by atoms with van der Waals surface area (Å²) in [5.74, 6) is 0.957. The lowest BCUT2D eigenvalue weighted by atomic mass is 9.46. The molecule has 0 radical (unpaired) electrons. The van der Waals surface area contributed by atoms with Gasteiger partial charge in [0.1, 0.15) is 0 Å². The Morgan fingerprint density at radius 2 is 2.33 bits per heavy atom. The number of carboxylic acid groups (broad SMARTS) is 1. The highest BCUT2D eigenvalue weighted by molar-refractivity contribution is 6.92. The molecule has 1 aliphatic heterocycles. The number of rotatable bonds is 1. The van der Waals surface area contributed by atoms with Crippen molar-refractivity contribution < 1.29 is 9.90 Å². The highest BCUT2D eigenvalue weighted by atomic mass is 16.4. The maximum absolute atomic E-state index is 10.3. The molecule has 9 heavy (non-hydrogen) atoms. The molecule has 46 valence electrons. The average Bonchev–Trinajstić information content (AvgIpc) is 1.90. The molecule has 1 heterocycles. The van der Waals surface area contributed by atoms with E-state index in [1.54, 1.807) is 12.1 Å². The fourth-order valence-corrected chi connectivity index (χ4v) is 0.764. The van der Waals surface area contributed by atoms with Gasteiger partial charge in [0.25, 0.3) is 5.87 Å². The summed E-state index contributed by atoms with van der Waals surface area (Å²) < 4.78 is 0. The van der Waals surface area contributed by atoms with Gasteiger partial charge in [0.05, 0.1) is 0 Å². The van der Waals surface area contributed by atoms with E-state index in [0.29, 0.717) is 6.32 Å². The van der Waals surface area contributed by atoms with Crippen molar-refractivity contribution in [1.29, 1.82) is 0 Å². The summed E-state index contributed by atoms with van der Waals surface area (Å²) in [6.45, 7) is -0.296. The fraction of sp³-hybridized carbons (Fsp3) is 0.167. The van der Waals surface area contributed by atoms with Crippen molar-refractivity contribution in [2.45, 2.75) is 6.32 Å². The molecule has 0 fully saturated rings. The summed E-state index contributed by atoms with van der Waals surface area (Å²) in [4.78, 5) is 10.3. The Morgan fingerprint density at radius 1 is 1.56 bits per heavy atom. The third-order valence-corrected chi connectivity index (χ3v) is 1.30. The van der Waals surface area contributed by atoms with E-state index in [1.165, 1.54) is 0 Å². The molecule has 0 saturated heterocycles. The van der Waals surface area contributed by atoms with Crippen LogP contribution in [0.15, 0.2) is 24.2 Å². The molecule has 0 amide bonds. The van der Waals surface area contributed by atoms with Crippen LogP contribution in [0.25, 0.3) is 0 Å². The van der Waals surface area contributed by atoms with E-state index in [9.17, 15) is 4.79 Å². The van der Waals surface area contributed by atoms with Crippen molar-refractivity contribution in [3.63, 3.8) is 0 Å². The first kappa shape index (κ1) is 6.14. The van der Waals surface area contributed by atoms with Gasteiger partial charge in [-0.25, -0.2) is 0 Å². The van der Waals surface area contributed by atoms with Gasteiger partial charge in [-0.1, -0.05) is 18.2 Å². The van der Waals surface area contributed by atoms with Gasteiger partial charge in [0.2, 0.25) is 0 Å². The Morgan fingerprint density at radius 3 is 2.67 bits per heavy atom. The Hall–Kier alpha value is -0.985. The van der Waals surface area contributed by atoms with E-state index in [4.69, 9.17) is 5.11 Å². The minimum absolute atomic E-state index is 0.296. The highest BCUT2D eigenvalue weighted by Gasteiger charge is 2.18. The first-order chi connectivity index (χ1) is 4.30. The van der Waals surface area contributed by atoms with Gasteiger partial charge in [-0.05, 0) is 6.32 Å². The predicted octanol–water partition coefficient (Wildman–Crippen LogP) is 1.41. The first-order valence-corrected chi connectivity index (χ1v) is 2.87. The topological polar surface area (TPSA) is 37.3 Å². The fourth-order valence-electron chi connectivity index (χ4n) is 0.764. The van der Waals surface area contributed by atoms with Gasteiger partial charge in [-0.3, -0.25) is 4.79 Å². The van der Waals surface area contributed by atoms with Gasteiger partial charge in [-0.2, -0.15) is 0 Å². The van der Waals surface area contributed by atoms with Crippen molar-refractivity contribution in [2.75, 3.05) is 0 Å². The van der Waals surface area contributed by atoms with Gasteiger partial charge in [0, 0.05) is 0 Å².